The Morgan fingerprint density at radius 3 is 2.73 bits per heavy atom. The molecule has 1 amide bonds. The molecule has 0 aliphatic carbocycles. The lowest BCUT2D eigenvalue weighted by Crippen LogP contribution is -2.42. The number of hydrogen-bond acceptors (Lipinski definition) is 2. The second-order valence-corrected chi connectivity index (χ2v) is 5.88. The van der Waals surface area contributed by atoms with E-state index in [0.29, 0.717) is 18.9 Å². The van der Waals surface area contributed by atoms with Gasteiger partial charge in [0.25, 0.3) is 0 Å². The van der Waals surface area contributed by atoms with Crippen LogP contribution in [0.5, 0.6) is 0 Å². The summed E-state index contributed by atoms with van der Waals surface area (Å²) in [5.74, 6) is 1.73. The minimum absolute atomic E-state index is 0. The van der Waals surface area contributed by atoms with Crippen molar-refractivity contribution < 1.29 is 4.79 Å². The molecule has 0 spiro atoms. The van der Waals surface area contributed by atoms with Gasteiger partial charge in [-0.15, -0.1) is 24.0 Å². The molecular formula is C16H33IN4O. The maximum atomic E-state index is 12.2. The number of guanidine groups is 1. The SMILES string of the molecule is CCCCN=C(NCC)NCCC(=O)N1CCCC(C)C1.I. The molecule has 1 saturated heterocycles. The van der Waals surface area contributed by atoms with E-state index in [1.165, 1.54) is 6.42 Å². The molecule has 0 bridgehead atoms. The maximum absolute atomic E-state index is 12.2. The number of carbonyl (C=O) groups excluding carboxylic acids is 1. The molecule has 2 N–H and O–H groups in total. The fourth-order valence-electron chi connectivity index (χ4n) is 2.55. The van der Waals surface area contributed by atoms with Crippen LogP contribution in [-0.2, 0) is 4.79 Å². The highest BCUT2D eigenvalue weighted by Crippen LogP contribution is 2.15. The highest BCUT2D eigenvalue weighted by Gasteiger charge is 2.20. The zero-order chi connectivity index (χ0) is 15.5. The topological polar surface area (TPSA) is 56.7 Å². The number of carbonyl (C=O) groups is 1. The van der Waals surface area contributed by atoms with Crippen molar-refractivity contribution in [1.82, 2.24) is 15.5 Å². The first-order valence-corrected chi connectivity index (χ1v) is 8.47. The van der Waals surface area contributed by atoms with Crippen molar-refractivity contribution in [3.63, 3.8) is 0 Å². The standard InChI is InChI=1S/C16H32N4O.HI/c1-4-6-10-18-16(17-5-2)19-11-9-15(21)20-12-7-8-14(3)13-20;/h14H,4-13H2,1-3H3,(H2,17,18,19);1H. The molecule has 0 aromatic carbocycles. The Bertz CT molecular complexity index is 336. The van der Waals surface area contributed by atoms with Crippen molar-refractivity contribution in [2.45, 2.75) is 52.9 Å². The van der Waals surface area contributed by atoms with E-state index in [2.05, 4.69) is 36.4 Å². The molecule has 1 rings (SSSR count). The van der Waals surface area contributed by atoms with Gasteiger partial charge in [0.15, 0.2) is 5.96 Å². The molecule has 1 unspecified atom stereocenters. The normalized spacial score (nSPS) is 18.6. The van der Waals surface area contributed by atoms with Gasteiger partial charge in [0.1, 0.15) is 0 Å². The first kappa shape index (κ1) is 21.5. The number of nitrogens with one attached hydrogen (secondary N) is 2. The molecule has 1 atom stereocenters. The molecule has 1 heterocycles. The summed E-state index contributed by atoms with van der Waals surface area (Å²) in [5, 5.41) is 6.47. The summed E-state index contributed by atoms with van der Waals surface area (Å²) >= 11 is 0. The fraction of sp³-hybridized carbons (Fsp3) is 0.875. The van der Waals surface area contributed by atoms with Crippen LogP contribution in [0.1, 0.15) is 52.9 Å². The quantitative estimate of drug-likeness (QED) is 0.286. The molecule has 6 heteroatoms. The smallest absolute Gasteiger partial charge is 0.224 e. The van der Waals surface area contributed by atoms with E-state index >= 15 is 0 Å². The Morgan fingerprint density at radius 2 is 2.09 bits per heavy atom. The lowest BCUT2D eigenvalue weighted by molar-refractivity contribution is -0.132. The van der Waals surface area contributed by atoms with E-state index in [0.717, 1.165) is 51.4 Å². The van der Waals surface area contributed by atoms with E-state index in [9.17, 15) is 4.79 Å². The molecule has 0 saturated carbocycles. The zero-order valence-corrected chi connectivity index (χ0v) is 16.7. The summed E-state index contributed by atoms with van der Waals surface area (Å²) in [6.07, 6.45) is 5.18. The van der Waals surface area contributed by atoms with Gasteiger partial charge in [-0.1, -0.05) is 20.3 Å². The lowest BCUT2D eigenvalue weighted by Gasteiger charge is -2.31. The van der Waals surface area contributed by atoms with Crippen molar-refractivity contribution in [3.05, 3.63) is 0 Å². The number of hydrogen-bond donors (Lipinski definition) is 2. The molecule has 1 aliphatic heterocycles. The van der Waals surface area contributed by atoms with Crippen LogP contribution < -0.4 is 10.6 Å². The van der Waals surface area contributed by atoms with Crippen molar-refractivity contribution in [2.75, 3.05) is 32.7 Å². The molecule has 0 aromatic rings. The highest BCUT2D eigenvalue weighted by molar-refractivity contribution is 14.0. The summed E-state index contributed by atoms with van der Waals surface area (Å²) in [6.45, 7) is 10.6. The molecule has 22 heavy (non-hydrogen) atoms. The molecule has 0 aromatic heterocycles. The minimum Gasteiger partial charge on any atom is -0.357 e. The molecule has 0 radical (unpaired) electrons. The summed E-state index contributed by atoms with van der Waals surface area (Å²) in [6, 6.07) is 0. The molecule has 130 valence electrons. The number of rotatable bonds is 7. The van der Waals surface area contributed by atoms with Gasteiger partial charge in [0, 0.05) is 39.1 Å². The third-order valence-electron chi connectivity index (χ3n) is 3.77. The van der Waals surface area contributed by atoms with Crippen LogP contribution >= 0.6 is 24.0 Å². The van der Waals surface area contributed by atoms with E-state index in [4.69, 9.17) is 0 Å². The van der Waals surface area contributed by atoms with Gasteiger partial charge < -0.3 is 15.5 Å². The molecular weight excluding hydrogens is 391 g/mol. The van der Waals surface area contributed by atoms with Crippen LogP contribution in [0.4, 0.5) is 0 Å². The van der Waals surface area contributed by atoms with Gasteiger partial charge in [-0.05, 0) is 32.1 Å². The first-order chi connectivity index (χ1) is 10.2. The van der Waals surface area contributed by atoms with Gasteiger partial charge in [0.2, 0.25) is 5.91 Å². The minimum atomic E-state index is 0. The van der Waals surface area contributed by atoms with Crippen molar-refractivity contribution in [3.8, 4) is 0 Å². The summed E-state index contributed by atoms with van der Waals surface area (Å²) in [4.78, 5) is 18.7. The van der Waals surface area contributed by atoms with E-state index in [-0.39, 0.29) is 29.9 Å². The third-order valence-corrected chi connectivity index (χ3v) is 3.77. The Morgan fingerprint density at radius 1 is 1.32 bits per heavy atom. The second kappa shape index (κ2) is 13.0. The lowest BCUT2D eigenvalue weighted by atomic mass is 10.00. The predicted octanol–water partition coefficient (Wildman–Crippen LogP) is 2.61. The average molecular weight is 424 g/mol. The summed E-state index contributed by atoms with van der Waals surface area (Å²) in [5.41, 5.74) is 0. The number of piperidine rings is 1. The van der Waals surface area contributed by atoms with Gasteiger partial charge in [0.05, 0.1) is 0 Å². The van der Waals surface area contributed by atoms with Crippen LogP contribution in [0, 0.1) is 5.92 Å². The Hall–Kier alpha value is -0.530. The van der Waals surface area contributed by atoms with Crippen LogP contribution in [0.2, 0.25) is 0 Å². The van der Waals surface area contributed by atoms with Crippen LogP contribution in [-0.4, -0.2) is 49.5 Å². The van der Waals surface area contributed by atoms with Crippen LogP contribution in [0.15, 0.2) is 4.99 Å². The summed E-state index contributed by atoms with van der Waals surface area (Å²) < 4.78 is 0. The maximum Gasteiger partial charge on any atom is 0.224 e. The number of aliphatic imine (C=N–C) groups is 1. The van der Waals surface area contributed by atoms with Gasteiger partial charge >= 0.3 is 0 Å². The number of unbranched alkanes of at least 4 members (excludes halogenated alkanes) is 1. The molecule has 5 nitrogen and oxygen atoms in total. The first-order valence-electron chi connectivity index (χ1n) is 8.47. The van der Waals surface area contributed by atoms with Gasteiger partial charge in [-0.3, -0.25) is 9.79 Å². The third kappa shape index (κ3) is 8.80. The van der Waals surface area contributed by atoms with E-state index < -0.39 is 0 Å². The Labute approximate surface area is 152 Å². The zero-order valence-electron chi connectivity index (χ0n) is 14.4. The number of nitrogens with zero attached hydrogens (tertiary/aromatic N) is 2. The van der Waals surface area contributed by atoms with E-state index in [1.54, 1.807) is 0 Å². The fourth-order valence-corrected chi connectivity index (χ4v) is 2.55. The number of likely N-dealkylation sites (tertiary alicyclic amines) is 1. The largest absolute Gasteiger partial charge is 0.357 e. The van der Waals surface area contributed by atoms with E-state index in [1.807, 2.05) is 4.90 Å². The van der Waals surface area contributed by atoms with Gasteiger partial charge in [-0.25, -0.2) is 0 Å². The number of amides is 1. The molecule has 1 fully saturated rings. The monoisotopic (exact) mass is 424 g/mol. The van der Waals surface area contributed by atoms with Gasteiger partial charge in [-0.2, -0.15) is 0 Å². The van der Waals surface area contributed by atoms with Crippen molar-refractivity contribution in [2.24, 2.45) is 10.9 Å². The van der Waals surface area contributed by atoms with Crippen LogP contribution in [0.3, 0.4) is 0 Å². The highest BCUT2D eigenvalue weighted by atomic mass is 127. The summed E-state index contributed by atoms with van der Waals surface area (Å²) in [7, 11) is 0. The Kier molecular flexibility index (Phi) is 12.6. The second-order valence-electron chi connectivity index (χ2n) is 5.88. The molecule has 1 aliphatic rings. The average Bonchev–Trinajstić information content (AvgIpc) is 2.47. The number of halogens is 1. The Balaban J connectivity index is 0.00000441. The van der Waals surface area contributed by atoms with Crippen molar-refractivity contribution >= 4 is 35.8 Å². The predicted molar refractivity (Wildman–Crippen MR) is 104 cm³/mol. The van der Waals surface area contributed by atoms with Crippen LogP contribution in [0.25, 0.3) is 0 Å². The van der Waals surface area contributed by atoms with Crippen molar-refractivity contribution in [1.29, 1.82) is 0 Å².